The Labute approximate surface area is 168 Å². The van der Waals surface area contributed by atoms with Gasteiger partial charge in [0.15, 0.2) is 5.82 Å². The van der Waals surface area contributed by atoms with Crippen molar-refractivity contribution in [1.82, 2.24) is 14.9 Å². The maximum atomic E-state index is 12.1. The fourth-order valence-corrected chi connectivity index (χ4v) is 3.39. The summed E-state index contributed by atoms with van der Waals surface area (Å²) in [5, 5.41) is 11.4. The molecule has 0 saturated heterocycles. The minimum Gasteiger partial charge on any atom is -0.485 e. The van der Waals surface area contributed by atoms with Gasteiger partial charge in [0.2, 0.25) is 11.1 Å². The minimum atomic E-state index is -0.132. The summed E-state index contributed by atoms with van der Waals surface area (Å²) in [6.45, 7) is 6.15. The number of amides is 1. The van der Waals surface area contributed by atoms with Crippen LogP contribution in [-0.2, 0) is 11.4 Å². The van der Waals surface area contributed by atoms with Crippen LogP contribution in [0.15, 0.2) is 47.6 Å². The Balaban J connectivity index is 1.56. The fraction of sp³-hybridized carbons (Fsp3) is 0.250. The molecule has 0 aliphatic rings. The van der Waals surface area contributed by atoms with E-state index in [0.29, 0.717) is 11.0 Å². The molecule has 0 atom stereocenters. The summed E-state index contributed by atoms with van der Waals surface area (Å²) in [6.07, 6.45) is 0. The Morgan fingerprint density at radius 1 is 1.14 bits per heavy atom. The molecule has 1 heterocycles. The van der Waals surface area contributed by atoms with Crippen molar-refractivity contribution < 1.29 is 9.53 Å². The number of ether oxygens (including phenoxy) is 1. The van der Waals surface area contributed by atoms with Crippen LogP contribution < -0.4 is 15.9 Å². The minimum absolute atomic E-state index is 0.132. The first-order chi connectivity index (χ1) is 13.4. The Morgan fingerprint density at radius 3 is 2.57 bits per heavy atom. The van der Waals surface area contributed by atoms with E-state index >= 15 is 0 Å². The molecule has 0 radical (unpaired) electrons. The van der Waals surface area contributed by atoms with Gasteiger partial charge in [0.25, 0.3) is 0 Å². The van der Waals surface area contributed by atoms with Gasteiger partial charge in [-0.2, -0.15) is 0 Å². The summed E-state index contributed by atoms with van der Waals surface area (Å²) in [7, 11) is 0. The summed E-state index contributed by atoms with van der Waals surface area (Å²) in [5.41, 5.74) is 3.94. The lowest BCUT2D eigenvalue weighted by Crippen LogP contribution is -2.18. The van der Waals surface area contributed by atoms with Gasteiger partial charge in [-0.1, -0.05) is 42.1 Å². The Morgan fingerprint density at radius 2 is 1.86 bits per heavy atom. The number of nitrogens with zero attached hydrogens (tertiary/aromatic N) is 3. The van der Waals surface area contributed by atoms with Gasteiger partial charge < -0.3 is 15.9 Å². The smallest absolute Gasteiger partial charge is 0.234 e. The average molecular weight is 398 g/mol. The van der Waals surface area contributed by atoms with Crippen molar-refractivity contribution in [3.05, 3.63) is 65.0 Å². The number of anilines is 1. The molecule has 3 aromatic rings. The van der Waals surface area contributed by atoms with Crippen molar-refractivity contribution >= 4 is 23.4 Å². The molecular formula is C20H23N5O2S. The zero-order valence-electron chi connectivity index (χ0n) is 16.1. The first-order valence-electron chi connectivity index (χ1n) is 8.81. The van der Waals surface area contributed by atoms with E-state index < -0.39 is 0 Å². The number of aryl methyl sites for hydroxylation is 3. The SMILES string of the molecule is Cc1cccc(NC(=O)CSc2nnc(COc3c(C)cccc3C)n2N)c1. The van der Waals surface area contributed by atoms with Gasteiger partial charge in [-0.25, -0.2) is 4.68 Å². The molecular weight excluding hydrogens is 374 g/mol. The van der Waals surface area contributed by atoms with E-state index in [1.54, 1.807) is 0 Å². The number of nitrogen functional groups attached to an aromatic ring is 1. The lowest BCUT2D eigenvalue weighted by molar-refractivity contribution is -0.113. The third-order valence-electron chi connectivity index (χ3n) is 4.12. The van der Waals surface area contributed by atoms with Crippen molar-refractivity contribution in [3.8, 4) is 5.75 Å². The number of nitrogens with one attached hydrogen (secondary N) is 1. The maximum absolute atomic E-state index is 12.1. The molecule has 1 aromatic heterocycles. The number of hydrogen-bond donors (Lipinski definition) is 2. The molecule has 0 saturated carbocycles. The van der Waals surface area contributed by atoms with Gasteiger partial charge in [0, 0.05) is 5.69 Å². The van der Waals surface area contributed by atoms with E-state index in [1.165, 1.54) is 16.4 Å². The molecule has 3 N–H and O–H groups in total. The number of thioether (sulfide) groups is 1. The van der Waals surface area contributed by atoms with Crippen LogP contribution in [0.1, 0.15) is 22.5 Å². The molecule has 8 heteroatoms. The molecule has 0 unspecified atom stereocenters. The molecule has 0 fully saturated rings. The van der Waals surface area contributed by atoms with Crippen LogP contribution in [0.5, 0.6) is 5.75 Å². The third-order valence-corrected chi connectivity index (χ3v) is 5.07. The summed E-state index contributed by atoms with van der Waals surface area (Å²) < 4.78 is 7.23. The van der Waals surface area contributed by atoms with E-state index in [9.17, 15) is 4.79 Å². The monoisotopic (exact) mass is 397 g/mol. The standard InChI is InChI=1S/C20H23N5O2S/c1-13-6-4-9-16(10-13)22-18(26)12-28-20-24-23-17(25(20)21)11-27-19-14(2)7-5-8-15(19)3/h4-10H,11-12,21H2,1-3H3,(H,22,26). The number of carbonyl (C=O) groups excluding carboxylic acids is 1. The molecule has 1 amide bonds. The van der Waals surface area contributed by atoms with E-state index in [-0.39, 0.29) is 18.3 Å². The van der Waals surface area contributed by atoms with E-state index in [0.717, 1.165) is 28.1 Å². The van der Waals surface area contributed by atoms with Gasteiger partial charge in [0.1, 0.15) is 12.4 Å². The second-order valence-corrected chi connectivity index (χ2v) is 7.43. The number of hydrogen-bond acceptors (Lipinski definition) is 6. The second-order valence-electron chi connectivity index (χ2n) is 6.48. The normalized spacial score (nSPS) is 10.7. The zero-order valence-corrected chi connectivity index (χ0v) is 16.9. The predicted octanol–water partition coefficient (Wildman–Crippen LogP) is 3.23. The molecule has 7 nitrogen and oxygen atoms in total. The molecule has 146 valence electrons. The van der Waals surface area contributed by atoms with Gasteiger partial charge in [-0.15, -0.1) is 10.2 Å². The summed E-state index contributed by atoms with van der Waals surface area (Å²) in [4.78, 5) is 12.1. The number of nitrogens with two attached hydrogens (primary N) is 1. The van der Waals surface area contributed by atoms with Crippen molar-refractivity contribution in [1.29, 1.82) is 0 Å². The Hall–Kier alpha value is -3.00. The van der Waals surface area contributed by atoms with Crippen LogP contribution in [0.25, 0.3) is 0 Å². The average Bonchev–Trinajstić information content (AvgIpc) is 2.99. The van der Waals surface area contributed by atoms with Crippen LogP contribution in [0.3, 0.4) is 0 Å². The van der Waals surface area contributed by atoms with Gasteiger partial charge in [0.05, 0.1) is 5.75 Å². The molecule has 28 heavy (non-hydrogen) atoms. The second kappa shape index (κ2) is 8.79. The zero-order chi connectivity index (χ0) is 20.1. The van der Waals surface area contributed by atoms with Gasteiger partial charge in [-0.3, -0.25) is 4.79 Å². The lowest BCUT2D eigenvalue weighted by Gasteiger charge is -2.11. The lowest BCUT2D eigenvalue weighted by atomic mass is 10.1. The van der Waals surface area contributed by atoms with E-state index in [1.807, 2.05) is 63.2 Å². The molecule has 0 aliphatic heterocycles. The van der Waals surface area contributed by atoms with Crippen molar-refractivity contribution in [2.45, 2.75) is 32.5 Å². The van der Waals surface area contributed by atoms with E-state index in [2.05, 4.69) is 15.5 Å². The van der Waals surface area contributed by atoms with Crippen LogP contribution in [0.2, 0.25) is 0 Å². The Bertz CT molecular complexity index is 966. The Kier molecular flexibility index (Phi) is 6.20. The number of aromatic nitrogens is 3. The summed E-state index contributed by atoms with van der Waals surface area (Å²) in [6, 6.07) is 13.6. The van der Waals surface area contributed by atoms with Gasteiger partial charge in [-0.05, 0) is 49.6 Å². The molecule has 0 spiro atoms. The topological polar surface area (TPSA) is 95.1 Å². The molecule has 0 bridgehead atoms. The number of carbonyl (C=O) groups is 1. The largest absolute Gasteiger partial charge is 0.485 e. The van der Waals surface area contributed by atoms with Crippen molar-refractivity contribution in [2.75, 3.05) is 16.9 Å². The number of rotatable bonds is 7. The highest BCUT2D eigenvalue weighted by molar-refractivity contribution is 7.99. The van der Waals surface area contributed by atoms with E-state index in [4.69, 9.17) is 10.6 Å². The summed E-state index contributed by atoms with van der Waals surface area (Å²) in [5.74, 6) is 7.42. The first-order valence-corrected chi connectivity index (χ1v) is 9.80. The highest BCUT2D eigenvalue weighted by atomic mass is 32.2. The van der Waals surface area contributed by atoms with Crippen LogP contribution in [-0.4, -0.2) is 26.5 Å². The maximum Gasteiger partial charge on any atom is 0.234 e. The van der Waals surface area contributed by atoms with Gasteiger partial charge >= 0.3 is 0 Å². The number of para-hydroxylation sites is 1. The summed E-state index contributed by atoms with van der Waals surface area (Å²) >= 11 is 1.22. The molecule has 2 aromatic carbocycles. The van der Waals surface area contributed by atoms with Crippen LogP contribution in [0, 0.1) is 20.8 Å². The molecule has 3 rings (SSSR count). The number of benzene rings is 2. The van der Waals surface area contributed by atoms with Crippen LogP contribution >= 0.6 is 11.8 Å². The van der Waals surface area contributed by atoms with Crippen LogP contribution in [0.4, 0.5) is 5.69 Å². The first kappa shape index (κ1) is 19.8. The van der Waals surface area contributed by atoms with Crippen molar-refractivity contribution in [2.24, 2.45) is 0 Å². The quantitative estimate of drug-likeness (QED) is 0.469. The van der Waals surface area contributed by atoms with Crippen molar-refractivity contribution in [3.63, 3.8) is 0 Å². The highest BCUT2D eigenvalue weighted by Crippen LogP contribution is 2.23. The fourth-order valence-electron chi connectivity index (χ4n) is 2.72. The third kappa shape index (κ3) is 4.83. The predicted molar refractivity (Wildman–Crippen MR) is 111 cm³/mol. The highest BCUT2D eigenvalue weighted by Gasteiger charge is 2.14. The molecule has 0 aliphatic carbocycles.